The van der Waals surface area contributed by atoms with E-state index in [9.17, 15) is 4.79 Å². The molecule has 146 valence electrons. The van der Waals surface area contributed by atoms with Crippen LogP contribution in [-0.2, 0) is 11.4 Å². The number of para-hydroxylation sites is 1. The van der Waals surface area contributed by atoms with E-state index in [0.29, 0.717) is 12.2 Å². The van der Waals surface area contributed by atoms with Crippen molar-refractivity contribution in [2.24, 2.45) is 0 Å². The van der Waals surface area contributed by atoms with E-state index in [1.807, 2.05) is 60.7 Å². The molecule has 4 heteroatoms. The Kier molecular flexibility index (Phi) is 4.85. The molecule has 3 nitrogen and oxygen atoms in total. The van der Waals surface area contributed by atoms with Gasteiger partial charge in [0.25, 0.3) is 5.91 Å². The normalized spacial score (nSPS) is 14.0. The van der Waals surface area contributed by atoms with Gasteiger partial charge in [-0.1, -0.05) is 60.7 Å². The van der Waals surface area contributed by atoms with E-state index in [4.69, 9.17) is 4.74 Å². The summed E-state index contributed by atoms with van der Waals surface area (Å²) in [5.41, 5.74) is 4.49. The van der Waals surface area contributed by atoms with Crippen molar-refractivity contribution in [3.63, 3.8) is 0 Å². The van der Waals surface area contributed by atoms with Gasteiger partial charge in [0, 0.05) is 16.8 Å². The van der Waals surface area contributed by atoms with Crippen molar-refractivity contribution in [1.82, 2.24) is 0 Å². The number of nitrogens with one attached hydrogen (secondary N) is 1. The van der Waals surface area contributed by atoms with Crippen LogP contribution in [0.25, 0.3) is 22.4 Å². The van der Waals surface area contributed by atoms with Crippen LogP contribution in [0, 0.1) is 0 Å². The molecule has 5 rings (SSSR count). The van der Waals surface area contributed by atoms with Gasteiger partial charge >= 0.3 is 0 Å². The molecule has 0 atom stereocenters. The summed E-state index contributed by atoms with van der Waals surface area (Å²) < 4.78 is 6.88. The standard InChI is InChI=1S/C26H18BrNO2/c27-23-15-17(14-22-21-7-3-4-8-24(21)28-26(22)29)10-12-25(23)30-16-18-9-11-19-5-1-2-6-20(19)13-18/h1-15H,16H2,(H,28,29)/b22-14+. The van der Waals surface area contributed by atoms with E-state index in [0.717, 1.165) is 32.6 Å². The molecule has 1 aliphatic heterocycles. The largest absolute Gasteiger partial charge is 0.488 e. The lowest BCUT2D eigenvalue weighted by atomic mass is 10.0. The predicted octanol–water partition coefficient (Wildman–Crippen LogP) is 6.67. The molecule has 1 N–H and O–H groups in total. The maximum absolute atomic E-state index is 12.3. The van der Waals surface area contributed by atoms with Gasteiger partial charge in [-0.3, -0.25) is 4.79 Å². The Balaban J connectivity index is 1.35. The predicted molar refractivity (Wildman–Crippen MR) is 125 cm³/mol. The van der Waals surface area contributed by atoms with E-state index in [2.05, 4.69) is 51.6 Å². The van der Waals surface area contributed by atoms with Crippen molar-refractivity contribution < 1.29 is 9.53 Å². The van der Waals surface area contributed by atoms with Crippen LogP contribution in [0.3, 0.4) is 0 Å². The van der Waals surface area contributed by atoms with Crippen LogP contribution in [0.2, 0.25) is 0 Å². The summed E-state index contributed by atoms with van der Waals surface area (Å²) in [5, 5.41) is 5.32. The molecular formula is C26H18BrNO2. The van der Waals surface area contributed by atoms with Crippen LogP contribution in [0.1, 0.15) is 16.7 Å². The highest BCUT2D eigenvalue weighted by Crippen LogP contribution is 2.34. The van der Waals surface area contributed by atoms with Gasteiger partial charge < -0.3 is 10.1 Å². The zero-order valence-electron chi connectivity index (χ0n) is 16.1. The fourth-order valence-corrected chi connectivity index (χ4v) is 4.17. The molecule has 0 saturated heterocycles. The molecule has 30 heavy (non-hydrogen) atoms. The van der Waals surface area contributed by atoms with E-state index in [1.54, 1.807) is 0 Å². The van der Waals surface area contributed by atoms with E-state index >= 15 is 0 Å². The number of hydrogen-bond donors (Lipinski definition) is 1. The average molecular weight is 456 g/mol. The first-order valence-corrected chi connectivity index (χ1v) is 10.5. The minimum Gasteiger partial charge on any atom is -0.488 e. The topological polar surface area (TPSA) is 38.3 Å². The van der Waals surface area contributed by atoms with Crippen LogP contribution in [0.5, 0.6) is 5.75 Å². The third-order valence-electron chi connectivity index (χ3n) is 5.19. The molecule has 0 spiro atoms. The number of rotatable bonds is 4. The number of fused-ring (bicyclic) bond motifs is 2. The van der Waals surface area contributed by atoms with Gasteiger partial charge in [-0.2, -0.15) is 0 Å². The Labute approximate surface area is 183 Å². The summed E-state index contributed by atoms with van der Waals surface area (Å²) >= 11 is 3.60. The van der Waals surface area contributed by atoms with Gasteiger partial charge in [0.2, 0.25) is 0 Å². The fourth-order valence-electron chi connectivity index (χ4n) is 3.66. The smallest absolute Gasteiger partial charge is 0.256 e. The number of amides is 1. The number of carbonyl (C=O) groups excluding carboxylic acids is 1. The first kappa shape index (κ1) is 18.6. The third-order valence-corrected chi connectivity index (χ3v) is 5.80. The zero-order valence-corrected chi connectivity index (χ0v) is 17.6. The number of anilines is 1. The Bertz CT molecular complexity index is 1310. The Hall–Kier alpha value is -3.37. The molecule has 4 aromatic rings. The molecule has 1 heterocycles. The quantitative estimate of drug-likeness (QED) is 0.348. The number of halogens is 1. The van der Waals surface area contributed by atoms with Gasteiger partial charge in [-0.25, -0.2) is 0 Å². The summed E-state index contributed by atoms with van der Waals surface area (Å²) in [6.45, 7) is 0.486. The first-order valence-electron chi connectivity index (χ1n) is 9.70. The van der Waals surface area contributed by atoms with Crippen LogP contribution >= 0.6 is 15.9 Å². The Morgan fingerprint density at radius 1 is 0.867 bits per heavy atom. The summed E-state index contributed by atoms with van der Waals surface area (Å²) in [6, 6.07) is 28.2. The highest BCUT2D eigenvalue weighted by Gasteiger charge is 2.23. The number of carbonyl (C=O) groups is 1. The summed E-state index contributed by atoms with van der Waals surface area (Å²) in [4.78, 5) is 12.3. The monoisotopic (exact) mass is 455 g/mol. The van der Waals surface area contributed by atoms with Crippen molar-refractivity contribution in [1.29, 1.82) is 0 Å². The lowest BCUT2D eigenvalue weighted by molar-refractivity contribution is -0.110. The highest BCUT2D eigenvalue weighted by atomic mass is 79.9. The Morgan fingerprint density at radius 2 is 1.67 bits per heavy atom. The maximum Gasteiger partial charge on any atom is 0.256 e. The van der Waals surface area contributed by atoms with Crippen LogP contribution in [0.4, 0.5) is 5.69 Å². The average Bonchev–Trinajstić information content (AvgIpc) is 3.08. The lowest BCUT2D eigenvalue weighted by Gasteiger charge is -2.10. The van der Waals surface area contributed by atoms with Crippen molar-refractivity contribution in [2.75, 3.05) is 5.32 Å². The molecule has 1 aliphatic rings. The van der Waals surface area contributed by atoms with Gasteiger partial charge in [-0.05, 0) is 68.2 Å². The maximum atomic E-state index is 12.3. The second-order valence-electron chi connectivity index (χ2n) is 7.22. The molecule has 0 saturated carbocycles. The van der Waals surface area contributed by atoms with Gasteiger partial charge in [0.15, 0.2) is 0 Å². The van der Waals surface area contributed by atoms with Crippen LogP contribution < -0.4 is 10.1 Å². The molecule has 0 aliphatic carbocycles. The number of benzene rings is 4. The van der Waals surface area contributed by atoms with E-state index < -0.39 is 0 Å². The molecular weight excluding hydrogens is 438 g/mol. The summed E-state index contributed by atoms with van der Waals surface area (Å²) in [7, 11) is 0. The second-order valence-corrected chi connectivity index (χ2v) is 8.07. The molecule has 1 amide bonds. The van der Waals surface area contributed by atoms with Gasteiger partial charge in [-0.15, -0.1) is 0 Å². The minimum absolute atomic E-state index is 0.0797. The highest BCUT2D eigenvalue weighted by molar-refractivity contribution is 9.10. The number of ether oxygens (including phenoxy) is 1. The summed E-state index contributed by atoms with van der Waals surface area (Å²) in [6.07, 6.45) is 1.90. The number of hydrogen-bond acceptors (Lipinski definition) is 2. The van der Waals surface area contributed by atoms with Crippen molar-refractivity contribution >= 4 is 49.9 Å². The molecule has 0 fully saturated rings. The third kappa shape index (κ3) is 3.62. The minimum atomic E-state index is -0.0797. The van der Waals surface area contributed by atoms with Crippen LogP contribution in [-0.4, -0.2) is 5.91 Å². The van der Waals surface area contributed by atoms with Crippen molar-refractivity contribution in [3.8, 4) is 5.75 Å². The van der Waals surface area contributed by atoms with Crippen LogP contribution in [0.15, 0.2) is 89.4 Å². The fraction of sp³-hybridized carbons (Fsp3) is 0.0385. The van der Waals surface area contributed by atoms with Gasteiger partial charge in [0.05, 0.1) is 4.47 Å². The second kappa shape index (κ2) is 7.81. The van der Waals surface area contributed by atoms with E-state index in [1.165, 1.54) is 10.8 Å². The molecule has 0 radical (unpaired) electrons. The summed E-state index contributed by atoms with van der Waals surface area (Å²) in [5.74, 6) is 0.686. The van der Waals surface area contributed by atoms with E-state index in [-0.39, 0.29) is 5.91 Å². The lowest BCUT2D eigenvalue weighted by Crippen LogP contribution is -2.03. The molecule has 4 aromatic carbocycles. The molecule has 0 bridgehead atoms. The molecule has 0 unspecified atom stereocenters. The van der Waals surface area contributed by atoms with Crippen molar-refractivity contribution in [3.05, 3.63) is 106 Å². The van der Waals surface area contributed by atoms with Gasteiger partial charge in [0.1, 0.15) is 12.4 Å². The first-order chi connectivity index (χ1) is 14.7. The zero-order chi connectivity index (χ0) is 20.5. The Morgan fingerprint density at radius 3 is 2.53 bits per heavy atom. The molecule has 0 aromatic heterocycles. The van der Waals surface area contributed by atoms with Crippen molar-refractivity contribution in [2.45, 2.75) is 6.61 Å². The SMILES string of the molecule is O=C1Nc2ccccc2/C1=C\c1ccc(OCc2ccc3ccccc3c2)c(Br)c1.